The van der Waals surface area contributed by atoms with Crippen LogP contribution in [0, 0.1) is 6.92 Å². The summed E-state index contributed by atoms with van der Waals surface area (Å²) in [6.07, 6.45) is -0.358. The first kappa shape index (κ1) is 21.1. The van der Waals surface area contributed by atoms with E-state index in [4.69, 9.17) is 9.26 Å². The van der Waals surface area contributed by atoms with Gasteiger partial charge < -0.3 is 24.5 Å². The summed E-state index contributed by atoms with van der Waals surface area (Å²) in [6, 6.07) is 15.3. The maximum atomic E-state index is 13.0. The standard InChI is InChI=1S/C23H24N2O5/c1-14(2)29-18-11-9-16(10-12-18)19(13-20(26)27)24-23(28)21-15(3)30-25-22(21)17-7-5-4-6-8-17/h4-12,14,19H,13H2,1-3H3,(H,24,28)(H,26,27)/p-1. The molecule has 30 heavy (non-hydrogen) atoms. The lowest BCUT2D eigenvalue weighted by Gasteiger charge is -2.20. The molecular formula is C23H23N2O5-. The van der Waals surface area contributed by atoms with E-state index in [1.165, 1.54) is 0 Å². The van der Waals surface area contributed by atoms with Gasteiger partial charge in [0.05, 0.1) is 12.1 Å². The van der Waals surface area contributed by atoms with Crippen molar-refractivity contribution in [1.29, 1.82) is 0 Å². The number of hydrogen-bond acceptors (Lipinski definition) is 6. The van der Waals surface area contributed by atoms with E-state index in [0.29, 0.717) is 22.8 Å². The third-order valence-electron chi connectivity index (χ3n) is 4.47. The molecule has 1 N–H and O–H groups in total. The second-order valence-corrected chi connectivity index (χ2v) is 7.17. The van der Waals surface area contributed by atoms with Crippen LogP contribution in [0.4, 0.5) is 0 Å². The van der Waals surface area contributed by atoms with Gasteiger partial charge in [0.1, 0.15) is 22.8 Å². The van der Waals surface area contributed by atoms with Crippen molar-refractivity contribution >= 4 is 11.9 Å². The molecule has 1 amide bonds. The Bertz CT molecular complexity index is 1010. The highest BCUT2D eigenvalue weighted by Gasteiger charge is 2.24. The van der Waals surface area contributed by atoms with Crippen molar-refractivity contribution in [3.05, 3.63) is 71.5 Å². The molecule has 0 saturated heterocycles. The Morgan fingerprint density at radius 1 is 1.10 bits per heavy atom. The summed E-state index contributed by atoms with van der Waals surface area (Å²) >= 11 is 0. The first-order chi connectivity index (χ1) is 14.3. The highest BCUT2D eigenvalue weighted by molar-refractivity contribution is 6.01. The number of aryl methyl sites for hydroxylation is 1. The van der Waals surface area contributed by atoms with Gasteiger partial charge in [-0.05, 0) is 38.5 Å². The Kier molecular flexibility index (Phi) is 6.51. The topological polar surface area (TPSA) is 104 Å². The molecule has 2 aromatic carbocycles. The molecule has 0 saturated carbocycles. The number of aliphatic carboxylic acids is 1. The van der Waals surface area contributed by atoms with Crippen LogP contribution >= 0.6 is 0 Å². The number of nitrogens with one attached hydrogen (secondary N) is 1. The second-order valence-electron chi connectivity index (χ2n) is 7.17. The molecule has 156 valence electrons. The second kappa shape index (κ2) is 9.26. The Morgan fingerprint density at radius 3 is 2.37 bits per heavy atom. The Hall–Kier alpha value is -3.61. The lowest BCUT2D eigenvalue weighted by Crippen LogP contribution is -2.34. The van der Waals surface area contributed by atoms with Gasteiger partial charge in [0.15, 0.2) is 0 Å². The van der Waals surface area contributed by atoms with E-state index in [9.17, 15) is 14.7 Å². The van der Waals surface area contributed by atoms with Crippen LogP contribution in [-0.2, 0) is 4.79 Å². The van der Waals surface area contributed by atoms with Gasteiger partial charge in [0, 0.05) is 18.0 Å². The van der Waals surface area contributed by atoms with Crippen molar-refractivity contribution in [3.8, 4) is 17.0 Å². The van der Waals surface area contributed by atoms with E-state index in [0.717, 1.165) is 5.56 Å². The smallest absolute Gasteiger partial charge is 0.257 e. The summed E-state index contributed by atoms with van der Waals surface area (Å²) in [4.78, 5) is 24.4. The molecule has 0 aliphatic rings. The van der Waals surface area contributed by atoms with E-state index in [1.54, 1.807) is 31.2 Å². The number of benzene rings is 2. The molecule has 0 fully saturated rings. The van der Waals surface area contributed by atoms with Crippen molar-refractivity contribution < 1.29 is 24.0 Å². The third-order valence-corrected chi connectivity index (χ3v) is 4.47. The monoisotopic (exact) mass is 407 g/mol. The molecule has 0 aliphatic heterocycles. The summed E-state index contributed by atoms with van der Waals surface area (Å²) < 4.78 is 10.8. The quantitative estimate of drug-likeness (QED) is 0.615. The molecule has 1 unspecified atom stereocenters. The SMILES string of the molecule is Cc1onc(-c2ccccc2)c1C(=O)NC(CC(=O)[O-])c1ccc(OC(C)C)cc1. The van der Waals surface area contributed by atoms with Crippen LogP contribution in [0.25, 0.3) is 11.3 Å². The molecule has 3 rings (SSSR count). The van der Waals surface area contributed by atoms with Crippen molar-refractivity contribution in [2.75, 3.05) is 0 Å². The molecule has 1 heterocycles. The zero-order chi connectivity index (χ0) is 21.7. The number of carbonyl (C=O) groups is 2. The zero-order valence-corrected chi connectivity index (χ0v) is 17.0. The average Bonchev–Trinajstić information content (AvgIpc) is 3.09. The molecule has 3 aromatic rings. The fraction of sp³-hybridized carbons (Fsp3) is 0.261. The van der Waals surface area contributed by atoms with Crippen LogP contribution in [0.1, 0.15) is 48.0 Å². The first-order valence-electron chi connectivity index (χ1n) is 9.64. The van der Waals surface area contributed by atoms with Crippen molar-refractivity contribution in [3.63, 3.8) is 0 Å². The summed E-state index contributed by atoms with van der Waals surface area (Å²) in [7, 11) is 0. The highest BCUT2D eigenvalue weighted by Crippen LogP contribution is 2.27. The molecule has 0 aliphatic carbocycles. The van der Waals surface area contributed by atoms with Gasteiger partial charge in [0.2, 0.25) is 0 Å². The van der Waals surface area contributed by atoms with Crippen LogP contribution in [-0.4, -0.2) is 23.1 Å². The predicted octanol–water partition coefficient (Wildman–Crippen LogP) is 3.05. The highest BCUT2D eigenvalue weighted by atomic mass is 16.5. The number of aromatic nitrogens is 1. The number of nitrogens with zero attached hydrogens (tertiary/aromatic N) is 1. The summed E-state index contributed by atoms with van der Waals surface area (Å²) in [5.74, 6) is -0.734. The van der Waals surface area contributed by atoms with Gasteiger partial charge >= 0.3 is 0 Å². The van der Waals surface area contributed by atoms with Crippen molar-refractivity contribution in [2.24, 2.45) is 0 Å². The summed E-state index contributed by atoms with van der Waals surface area (Å²) in [6.45, 7) is 5.47. The van der Waals surface area contributed by atoms with E-state index in [-0.39, 0.29) is 18.1 Å². The Labute approximate surface area is 174 Å². The number of ether oxygens (including phenoxy) is 1. The number of amides is 1. The fourth-order valence-corrected chi connectivity index (χ4v) is 3.13. The number of rotatable bonds is 8. The van der Waals surface area contributed by atoms with E-state index in [2.05, 4.69) is 10.5 Å². The maximum Gasteiger partial charge on any atom is 0.257 e. The summed E-state index contributed by atoms with van der Waals surface area (Å²) in [5, 5.41) is 18.1. The van der Waals surface area contributed by atoms with Gasteiger partial charge in [-0.1, -0.05) is 47.6 Å². The third kappa shape index (κ3) is 5.05. The Balaban J connectivity index is 1.87. The van der Waals surface area contributed by atoms with Crippen LogP contribution in [0.15, 0.2) is 59.1 Å². The van der Waals surface area contributed by atoms with E-state index >= 15 is 0 Å². The lowest BCUT2D eigenvalue weighted by molar-refractivity contribution is -0.306. The van der Waals surface area contributed by atoms with Crippen LogP contribution in [0.2, 0.25) is 0 Å². The minimum absolute atomic E-state index is 0.0162. The summed E-state index contributed by atoms with van der Waals surface area (Å²) in [5.41, 5.74) is 2.02. The largest absolute Gasteiger partial charge is 0.550 e. The molecule has 1 aromatic heterocycles. The Morgan fingerprint density at radius 2 is 1.77 bits per heavy atom. The predicted molar refractivity (Wildman–Crippen MR) is 109 cm³/mol. The molecule has 7 heteroatoms. The van der Waals surface area contributed by atoms with Crippen molar-refractivity contribution in [1.82, 2.24) is 10.5 Å². The van der Waals surface area contributed by atoms with Gasteiger partial charge in [-0.25, -0.2) is 0 Å². The molecule has 0 spiro atoms. The van der Waals surface area contributed by atoms with Crippen LogP contribution in [0.5, 0.6) is 5.75 Å². The van der Waals surface area contributed by atoms with Gasteiger partial charge in [-0.15, -0.1) is 0 Å². The molecule has 0 bridgehead atoms. The minimum Gasteiger partial charge on any atom is -0.550 e. The normalized spacial score (nSPS) is 11.9. The number of carboxylic acids is 1. The van der Waals surface area contributed by atoms with Gasteiger partial charge in [-0.3, -0.25) is 4.79 Å². The van der Waals surface area contributed by atoms with Crippen molar-refractivity contribution in [2.45, 2.75) is 39.3 Å². The molecule has 1 atom stereocenters. The molecular weight excluding hydrogens is 384 g/mol. The zero-order valence-electron chi connectivity index (χ0n) is 17.0. The lowest BCUT2D eigenvalue weighted by atomic mass is 10.0. The van der Waals surface area contributed by atoms with Gasteiger partial charge in [-0.2, -0.15) is 0 Å². The molecule has 0 radical (unpaired) electrons. The minimum atomic E-state index is -1.27. The molecule has 7 nitrogen and oxygen atoms in total. The van der Waals surface area contributed by atoms with Crippen LogP contribution in [0.3, 0.4) is 0 Å². The van der Waals surface area contributed by atoms with Gasteiger partial charge in [0.25, 0.3) is 5.91 Å². The van der Waals surface area contributed by atoms with Crippen LogP contribution < -0.4 is 15.2 Å². The van der Waals surface area contributed by atoms with E-state index in [1.807, 2.05) is 44.2 Å². The average molecular weight is 407 g/mol. The maximum absolute atomic E-state index is 13.0. The number of carbonyl (C=O) groups excluding carboxylic acids is 2. The number of carboxylic acid groups (broad SMARTS) is 1. The number of hydrogen-bond donors (Lipinski definition) is 1. The first-order valence-corrected chi connectivity index (χ1v) is 9.64. The van der Waals surface area contributed by atoms with E-state index < -0.39 is 17.9 Å². The fourth-order valence-electron chi connectivity index (χ4n) is 3.13.